The second-order valence-electron chi connectivity index (χ2n) is 7.05. The lowest BCUT2D eigenvalue weighted by atomic mass is 10.2. The van der Waals surface area contributed by atoms with Gasteiger partial charge in [-0.3, -0.25) is 9.59 Å². The number of anilines is 1. The first-order chi connectivity index (χ1) is 15.1. The standard InChI is InChI=1S/C20H23N5O3S3/c1-25-7-6-21-19(25)29-12-18(27)23-13-4-5-15-16(9-13)31-20(24-15)30-11-17(26)22-10-14-3-2-8-28-14/h4-7,9,14H,2-3,8,10-12H2,1H3,(H,22,26)(H,23,27)/t14-/m0/s1. The van der Waals surface area contributed by atoms with E-state index in [9.17, 15) is 9.59 Å². The van der Waals surface area contributed by atoms with E-state index in [1.54, 1.807) is 6.20 Å². The third kappa shape index (κ3) is 6.22. The zero-order chi connectivity index (χ0) is 21.6. The first-order valence-electron chi connectivity index (χ1n) is 9.88. The van der Waals surface area contributed by atoms with Gasteiger partial charge in [-0.1, -0.05) is 23.5 Å². The zero-order valence-corrected chi connectivity index (χ0v) is 19.4. The van der Waals surface area contributed by atoms with Crippen LogP contribution in [0.25, 0.3) is 10.2 Å². The van der Waals surface area contributed by atoms with Crippen molar-refractivity contribution in [3.63, 3.8) is 0 Å². The van der Waals surface area contributed by atoms with E-state index in [0.717, 1.165) is 44.8 Å². The summed E-state index contributed by atoms with van der Waals surface area (Å²) < 4.78 is 9.19. The Morgan fingerprint density at radius 3 is 2.94 bits per heavy atom. The Morgan fingerprint density at radius 2 is 2.16 bits per heavy atom. The first-order valence-corrected chi connectivity index (χ1v) is 12.7. The van der Waals surface area contributed by atoms with Crippen LogP contribution in [0.4, 0.5) is 5.69 Å². The van der Waals surface area contributed by atoms with Crippen LogP contribution in [-0.4, -0.2) is 57.1 Å². The van der Waals surface area contributed by atoms with E-state index in [2.05, 4.69) is 20.6 Å². The van der Waals surface area contributed by atoms with Gasteiger partial charge in [-0.25, -0.2) is 9.97 Å². The fourth-order valence-electron chi connectivity index (χ4n) is 3.07. The van der Waals surface area contributed by atoms with Crippen LogP contribution in [0.1, 0.15) is 12.8 Å². The SMILES string of the molecule is Cn1ccnc1SCC(=O)Nc1ccc2nc(SCC(=O)NC[C@@H]3CCCO3)sc2c1. The number of aryl methyl sites for hydroxylation is 1. The number of imidazole rings is 1. The van der Waals surface area contributed by atoms with Gasteiger partial charge in [0.15, 0.2) is 9.50 Å². The number of carbonyl (C=O) groups excluding carboxylic acids is 2. The van der Waals surface area contributed by atoms with E-state index in [4.69, 9.17) is 4.74 Å². The normalized spacial score (nSPS) is 16.0. The highest BCUT2D eigenvalue weighted by Gasteiger charge is 2.16. The van der Waals surface area contributed by atoms with E-state index >= 15 is 0 Å². The molecule has 1 aliphatic rings. The summed E-state index contributed by atoms with van der Waals surface area (Å²) in [7, 11) is 1.90. The number of ether oxygens (including phenoxy) is 1. The van der Waals surface area contributed by atoms with Gasteiger partial charge in [0, 0.05) is 38.3 Å². The smallest absolute Gasteiger partial charge is 0.234 e. The molecule has 1 aromatic carbocycles. The maximum Gasteiger partial charge on any atom is 0.234 e. The molecule has 0 unspecified atom stereocenters. The molecule has 31 heavy (non-hydrogen) atoms. The monoisotopic (exact) mass is 477 g/mol. The summed E-state index contributed by atoms with van der Waals surface area (Å²) >= 11 is 4.32. The molecule has 0 bridgehead atoms. The van der Waals surface area contributed by atoms with Gasteiger partial charge < -0.3 is 19.9 Å². The lowest BCUT2D eigenvalue weighted by molar-refractivity contribution is -0.119. The number of hydrogen-bond acceptors (Lipinski definition) is 8. The van der Waals surface area contributed by atoms with Gasteiger partial charge in [0.05, 0.1) is 27.8 Å². The van der Waals surface area contributed by atoms with Gasteiger partial charge in [-0.05, 0) is 31.0 Å². The van der Waals surface area contributed by atoms with Crippen molar-refractivity contribution in [1.29, 1.82) is 0 Å². The number of carbonyl (C=O) groups is 2. The maximum atomic E-state index is 12.3. The summed E-state index contributed by atoms with van der Waals surface area (Å²) in [6, 6.07) is 5.64. The van der Waals surface area contributed by atoms with Gasteiger partial charge in [0.2, 0.25) is 11.8 Å². The minimum absolute atomic E-state index is 0.0158. The number of nitrogens with one attached hydrogen (secondary N) is 2. The summed E-state index contributed by atoms with van der Waals surface area (Å²) in [5.41, 5.74) is 1.58. The quantitative estimate of drug-likeness (QED) is 0.457. The molecule has 2 amide bonds. The molecular formula is C20H23N5O3S3. The van der Waals surface area contributed by atoms with Gasteiger partial charge >= 0.3 is 0 Å². The minimum Gasteiger partial charge on any atom is -0.376 e. The Labute approximate surface area is 192 Å². The molecule has 1 saturated heterocycles. The Morgan fingerprint density at radius 1 is 1.29 bits per heavy atom. The van der Waals surface area contributed by atoms with Gasteiger partial charge in [-0.2, -0.15) is 0 Å². The highest BCUT2D eigenvalue weighted by Crippen LogP contribution is 2.31. The summed E-state index contributed by atoms with van der Waals surface area (Å²) in [4.78, 5) is 33.1. The molecule has 11 heteroatoms. The third-order valence-corrected chi connectivity index (χ3v) is 7.86. The average molecular weight is 478 g/mol. The van der Waals surface area contributed by atoms with Gasteiger partial charge in [-0.15, -0.1) is 11.3 Å². The molecule has 1 atom stereocenters. The lowest BCUT2D eigenvalue weighted by Crippen LogP contribution is -2.32. The average Bonchev–Trinajstić information content (AvgIpc) is 3.50. The molecule has 0 spiro atoms. The van der Waals surface area contributed by atoms with Crippen LogP contribution in [0.3, 0.4) is 0 Å². The number of thioether (sulfide) groups is 2. The Balaban J connectivity index is 1.26. The van der Waals surface area contributed by atoms with E-state index < -0.39 is 0 Å². The number of amides is 2. The molecule has 3 heterocycles. The minimum atomic E-state index is -0.0885. The second kappa shape index (κ2) is 10.5. The van der Waals surface area contributed by atoms with E-state index in [0.29, 0.717) is 12.3 Å². The molecule has 0 aliphatic carbocycles. The van der Waals surface area contributed by atoms with Crippen molar-refractivity contribution < 1.29 is 14.3 Å². The van der Waals surface area contributed by atoms with Crippen LogP contribution in [0.2, 0.25) is 0 Å². The second-order valence-corrected chi connectivity index (χ2v) is 10.2. The molecule has 3 aromatic rings. The number of fused-ring (bicyclic) bond motifs is 1. The summed E-state index contributed by atoms with van der Waals surface area (Å²) in [5.74, 6) is 0.501. The number of rotatable bonds is 9. The molecule has 2 N–H and O–H groups in total. The number of thiazole rings is 1. The summed E-state index contributed by atoms with van der Waals surface area (Å²) in [6.07, 6.45) is 5.77. The molecule has 0 saturated carbocycles. The van der Waals surface area contributed by atoms with Crippen molar-refractivity contribution in [2.24, 2.45) is 7.05 Å². The fraction of sp³-hybridized carbons (Fsp3) is 0.400. The number of aromatic nitrogens is 3. The van der Waals surface area contributed by atoms with Crippen LogP contribution in [0, 0.1) is 0 Å². The number of benzene rings is 1. The lowest BCUT2D eigenvalue weighted by Gasteiger charge is -2.09. The first kappa shape index (κ1) is 22.1. The predicted molar refractivity (Wildman–Crippen MR) is 125 cm³/mol. The zero-order valence-electron chi connectivity index (χ0n) is 17.0. The Hall–Kier alpha value is -2.08. The molecule has 8 nitrogen and oxygen atoms in total. The third-order valence-electron chi connectivity index (χ3n) is 4.64. The fourth-order valence-corrected chi connectivity index (χ4v) is 5.74. The van der Waals surface area contributed by atoms with E-state index in [1.165, 1.54) is 34.9 Å². The van der Waals surface area contributed by atoms with Crippen LogP contribution >= 0.6 is 34.9 Å². The predicted octanol–water partition coefficient (Wildman–Crippen LogP) is 3.15. The number of nitrogens with zero attached hydrogens (tertiary/aromatic N) is 3. The molecule has 2 aromatic heterocycles. The Kier molecular flexibility index (Phi) is 7.49. The van der Waals surface area contributed by atoms with Crippen molar-refractivity contribution in [2.75, 3.05) is 30.0 Å². The molecule has 1 aliphatic heterocycles. The van der Waals surface area contributed by atoms with Crippen LogP contribution < -0.4 is 10.6 Å². The highest BCUT2D eigenvalue weighted by molar-refractivity contribution is 8.01. The van der Waals surface area contributed by atoms with E-state index in [1.807, 2.05) is 36.0 Å². The van der Waals surface area contributed by atoms with Crippen LogP contribution in [0.15, 0.2) is 40.1 Å². The molecule has 1 fully saturated rings. The topological polar surface area (TPSA) is 98.1 Å². The van der Waals surface area contributed by atoms with E-state index in [-0.39, 0.29) is 23.7 Å². The van der Waals surface area contributed by atoms with Crippen LogP contribution in [-0.2, 0) is 21.4 Å². The van der Waals surface area contributed by atoms with Crippen molar-refractivity contribution in [3.05, 3.63) is 30.6 Å². The summed E-state index contributed by atoms with van der Waals surface area (Å²) in [5, 5.41) is 6.64. The van der Waals surface area contributed by atoms with Crippen LogP contribution in [0.5, 0.6) is 0 Å². The van der Waals surface area contributed by atoms with Gasteiger partial charge in [0.1, 0.15) is 0 Å². The molecule has 164 valence electrons. The molecule has 0 radical (unpaired) electrons. The van der Waals surface area contributed by atoms with Crippen molar-refractivity contribution in [2.45, 2.75) is 28.4 Å². The maximum absolute atomic E-state index is 12.3. The van der Waals surface area contributed by atoms with Gasteiger partial charge in [0.25, 0.3) is 0 Å². The molecule has 4 rings (SSSR count). The molecular weight excluding hydrogens is 454 g/mol. The number of hydrogen-bond donors (Lipinski definition) is 2. The van der Waals surface area contributed by atoms with Crippen molar-refractivity contribution in [1.82, 2.24) is 19.9 Å². The summed E-state index contributed by atoms with van der Waals surface area (Å²) in [6.45, 7) is 1.35. The highest BCUT2D eigenvalue weighted by atomic mass is 32.2. The Bertz CT molecular complexity index is 1060. The van der Waals surface area contributed by atoms with Crippen molar-refractivity contribution >= 4 is 62.6 Å². The van der Waals surface area contributed by atoms with Crippen molar-refractivity contribution in [3.8, 4) is 0 Å². The largest absolute Gasteiger partial charge is 0.376 e.